The molecule has 0 saturated heterocycles. The van der Waals surface area contributed by atoms with Gasteiger partial charge in [-0.25, -0.2) is 0 Å². The molecule has 20 heavy (non-hydrogen) atoms. The van der Waals surface area contributed by atoms with Gasteiger partial charge in [0.05, 0.1) is 11.6 Å². The number of rotatable bonds is 5. The fraction of sp³-hybridized carbons (Fsp3) is 0.294. The number of ether oxygens (including phenoxy) is 1. The van der Waals surface area contributed by atoms with Crippen LogP contribution in [0.5, 0.6) is 5.75 Å². The van der Waals surface area contributed by atoms with Crippen LogP contribution in [0.4, 0.5) is 0 Å². The Morgan fingerprint density at radius 3 is 2.55 bits per heavy atom. The highest BCUT2D eigenvalue weighted by molar-refractivity contribution is 9.10. The molecule has 0 aliphatic rings. The van der Waals surface area contributed by atoms with Crippen LogP contribution in [-0.4, -0.2) is 12.2 Å². The smallest absolute Gasteiger partial charge is 0.133 e. The van der Waals surface area contributed by atoms with E-state index in [9.17, 15) is 5.11 Å². The van der Waals surface area contributed by atoms with Crippen molar-refractivity contribution in [1.29, 1.82) is 0 Å². The minimum Gasteiger partial charge on any atom is -0.496 e. The van der Waals surface area contributed by atoms with E-state index in [1.54, 1.807) is 7.11 Å². The Morgan fingerprint density at radius 1 is 1.15 bits per heavy atom. The van der Waals surface area contributed by atoms with Gasteiger partial charge in [0.25, 0.3) is 0 Å². The first-order chi connectivity index (χ1) is 9.65. The SMILES string of the molecule is CCCc1cccc(C(O)c2ccc(OC)c(Br)c2)c1. The van der Waals surface area contributed by atoms with E-state index in [-0.39, 0.29) is 0 Å². The molecule has 0 spiro atoms. The minimum atomic E-state index is -0.617. The van der Waals surface area contributed by atoms with Crippen molar-refractivity contribution in [2.75, 3.05) is 7.11 Å². The van der Waals surface area contributed by atoms with E-state index in [4.69, 9.17) is 4.74 Å². The predicted octanol–water partition coefficient (Wildman–Crippen LogP) is 4.49. The first-order valence-corrected chi connectivity index (χ1v) is 7.55. The molecule has 0 aliphatic carbocycles. The summed E-state index contributed by atoms with van der Waals surface area (Å²) in [5, 5.41) is 10.5. The maximum Gasteiger partial charge on any atom is 0.133 e. The molecule has 0 amide bonds. The summed E-state index contributed by atoms with van der Waals surface area (Å²) in [4.78, 5) is 0. The lowest BCUT2D eigenvalue weighted by atomic mass is 9.98. The predicted molar refractivity (Wildman–Crippen MR) is 85.2 cm³/mol. The minimum absolute atomic E-state index is 0.617. The molecule has 0 radical (unpaired) electrons. The molecule has 2 rings (SSSR count). The molecule has 2 aromatic rings. The van der Waals surface area contributed by atoms with Gasteiger partial charge in [-0.05, 0) is 51.2 Å². The van der Waals surface area contributed by atoms with E-state index in [0.29, 0.717) is 0 Å². The fourth-order valence-electron chi connectivity index (χ4n) is 2.25. The average molecular weight is 335 g/mol. The van der Waals surface area contributed by atoms with Crippen LogP contribution in [0.2, 0.25) is 0 Å². The van der Waals surface area contributed by atoms with Crippen LogP contribution >= 0.6 is 15.9 Å². The third kappa shape index (κ3) is 3.41. The molecule has 0 saturated carbocycles. The lowest BCUT2D eigenvalue weighted by molar-refractivity contribution is 0.220. The molecule has 2 nitrogen and oxygen atoms in total. The molecule has 0 aromatic heterocycles. The van der Waals surface area contributed by atoms with Gasteiger partial charge in [-0.15, -0.1) is 0 Å². The number of hydrogen-bond acceptors (Lipinski definition) is 2. The molecule has 0 fully saturated rings. The van der Waals surface area contributed by atoms with E-state index in [1.165, 1.54) is 5.56 Å². The van der Waals surface area contributed by atoms with Crippen LogP contribution in [0, 0.1) is 0 Å². The monoisotopic (exact) mass is 334 g/mol. The second-order valence-electron chi connectivity index (χ2n) is 4.79. The molecule has 0 aliphatic heterocycles. The van der Waals surface area contributed by atoms with Crippen molar-refractivity contribution in [2.45, 2.75) is 25.9 Å². The van der Waals surface area contributed by atoms with Gasteiger partial charge in [-0.1, -0.05) is 43.7 Å². The lowest BCUT2D eigenvalue weighted by Crippen LogP contribution is -2.01. The van der Waals surface area contributed by atoms with Crippen molar-refractivity contribution in [1.82, 2.24) is 0 Å². The summed E-state index contributed by atoms with van der Waals surface area (Å²) >= 11 is 3.45. The van der Waals surface area contributed by atoms with Gasteiger partial charge in [0.2, 0.25) is 0 Å². The number of halogens is 1. The number of aliphatic hydroxyl groups excluding tert-OH is 1. The highest BCUT2D eigenvalue weighted by Gasteiger charge is 2.12. The number of aryl methyl sites for hydroxylation is 1. The number of methoxy groups -OCH3 is 1. The van der Waals surface area contributed by atoms with Crippen molar-refractivity contribution < 1.29 is 9.84 Å². The van der Waals surface area contributed by atoms with Gasteiger partial charge in [0, 0.05) is 0 Å². The molecule has 1 atom stereocenters. The van der Waals surface area contributed by atoms with E-state index >= 15 is 0 Å². The highest BCUT2D eigenvalue weighted by Crippen LogP contribution is 2.30. The maximum atomic E-state index is 10.5. The number of hydrogen-bond donors (Lipinski definition) is 1. The van der Waals surface area contributed by atoms with Crippen LogP contribution in [0.15, 0.2) is 46.9 Å². The van der Waals surface area contributed by atoms with Crippen molar-refractivity contribution >= 4 is 15.9 Å². The van der Waals surface area contributed by atoms with Gasteiger partial charge in [0.15, 0.2) is 0 Å². The van der Waals surface area contributed by atoms with Crippen LogP contribution < -0.4 is 4.74 Å². The number of benzene rings is 2. The normalized spacial score (nSPS) is 12.2. The molecule has 3 heteroatoms. The third-order valence-corrected chi connectivity index (χ3v) is 3.92. The summed E-state index contributed by atoms with van der Waals surface area (Å²) in [6.07, 6.45) is 1.52. The van der Waals surface area contributed by atoms with Crippen molar-refractivity contribution in [3.05, 3.63) is 63.6 Å². The van der Waals surface area contributed by atoms with E-state index in [0.717, 1.165) is 34.2 Å². The van der Waals surface area contributed by atoms with Crippen LogP contribution in [-0.2, 0) is 6.42 Å². The quantitative estimate of drug-likeness (QED) is 0.872. The van der Waals surface area contributed by atoms with Gasteiger partial charge >= 0.3 is 0 Å². The van der Waals surface area contributed by atoms with Gasteiger partial charge in [-0.3, -0.25) is 0 Å². The van der Waals surface area contributed by atoms with Crippen molar-refractivity contribution in [3.8, 4) is 5.75 Å². The van der Waals surface area contributed by atoms with Gasteiger partial charge in [-0.2, -0.15) is 0 Å². The summed E-state index contributed by atoms with van der Waals surface area (Å²) in [6.45, 7) is 2.16. The van der Waals surface area contributed by atoms with Crippen molar-refractivity contribution in [2.24, 2.45) is 0 Å². The molecule has 106 valence electrons. The second kappa shape index (κ2) is 6.91. The van der Waals surface area contributed by atoms with Crippen LogP contribution in [0.25, 0.3) is 0 Å². The first kappa shape index (κ1) is 15.1. The largest absolute Gasteiger partial charge is 0.496 e. The summed E-state index contributed by atoms with van der Waals surface area (Å²) in [6, 6.07) is 13.8. The Kier molecular flexibility index (Phi) is 5.21. The fourth-order valence-corrected chi connectivity index (χ4v) is 2.81. The van der Waals surface area contributed by atoms with Gasteiger partial charge in [0.1, 0.15) is 11.9 Å². The average Bonchev–Trinajstić information content (AvgIpc) is 2.47. The Balaban J connectivity index is 2.28. The summed E-state index contributed by atoms with van der Waals surface area (Å²) in [5.41, 5.74) is 3.04. The van der Waals surface area contributed by atoms with Gasteiger partial charge < -0.3 is 9.84 Å². The van der Waals surface area contributed by atoms with Crippen LogP contribution in [0.3, 0.4) is 0 Å². The standard InChI is InChI=1S/C17H19BrO2/c1-3-5-12-6-4-7-13(10-12)17(19)14-8-9-16(20-2)15(18)11-14/h4,6-11,17,19H,3,5H2,1-2H3. The number of aliphatic hydroxyl groups is 1. The molecule has 2 aromatic carbocycles. The molecule has 0 heterocycles. The molecule has 1 N–H and O–H groups in total. The Morgan fingerprint density at radius 2 is 1.90 bits per heavy atom. The van der Waals surface area contributed by atoms with E-state index in [1.807, 2.05) is 30.3 Å². The molecular formula is C17H19BrO2. The molecule has 1 unspecified atom stereocenters. The molecule has 0 bridgehead atoms. The first-order valence-electron chi connectivity index (χ1n) is 6.76. The second-order valence-corrected chi connectivity index (χ2v) is 5.65. The zero-order valence-corrected chi connectivity index (χ0v) is 13.4. The summed E-state index contributed by atoms with van der Waals surface area (Å²) < 4.78 is 6.06. The Bertz CT molecular complexity index is 581. The molecular weight excluding hydrogens is 316 g/mol. The van der Waals surface area contributed by atoms with Crippen molar-refractivity contribution in [3.63, 3.8) is 0 Å². The summed E-state index contributed by atoms with van der Waals surface area (Å²) in [7, 11) is 1.63. The highest BCUT2D eigenvalue weighted by atomic mass is 79.9. The van der Waals surface area contributed by atoms with Crippen LogP contribution in [0.1, 0.15) is 36.1 Å². The third-order valence-electron chi connectivity index (χ3n) is 3.30. The lowest BCUT2D eigenvalue weighted by Gasteiger charge is -2.14. The zero-order valence-electron chi connectivity index (χ0n) is 11.8. The Labute approximate surface area is 128 Å². The zero-order chi connectivity index (χ0) is 14.5. The maximum absolute atomic E-state index is 10.5. The van der Waals surface area contributed by atoms with E-state index < -0.39 is 6.10 Å². The Hall–Kier alpha value is -1.32. The topological polar surface area (TPSA) is 29.5 Å². The van der Waals surface area contributed by atoms with E-state index in [2.05, 4.69) is 35.0 Å². The summed E-state index contributed by atoms with van der Waals surface area (Å²) in [5.74, 6) is 0.765.